The van der Waals surface area contributed by atoms with Crippen LogP contribution in [-0.2, 0) is 27.9 Å². The van der Waals surface area contributed by atoms with E-state index in [9.17, 15) is 32.7 Å². The minimum absolute atomic E-state index is 0.0298. The number of halogens is 5. The predicted molar refractivity (Wildman–Crippen MR) is 152 cm³/mol. The number of amides is 2. The largest absolute Gasteiger partial charge is 0.505 e. The second-order valence-corrected chi connectivity index (χ2v) is 11.5. The summed E-state index contributed by atoms with van der Waals surface area (Å²) in [5.74, 6) is -1.31. The molecule has 1 saturated heterocycles. The van der Waals surface area contributed by atoms with Gasteiger partial charge in [-0.25, -0.2) is 4.98 Å². The summed E-state index contributed by atoms with van der Waals surface area (Å²) in [5.41, 5.74) is -2.04. The van der Waals surface area contributed by atoms with Gasteiger partial charge in [0.2, 0.25) is 16.4 Å². The first kappa shape index (κ1) is 30.0. The molecule has 1 fully saturated rings. The van der Waals surface area contributed by atoms with Crippen LogP contribution in [0.3, 0.4) is 0 Å². The number of ether oxygens (including phenoxy) is 1. The van der Waals surface area contributed by atoms with Crippen molar-refractivity contribution in [1.82, 2.24) is 29.0 Å². The number of hydrogen-bond acceptors (Lipinski definition) is 8. The molecular weight excluding hydrogens is 675 g/mol. The van der Waals surface area contributed by atoms with Gasteiger partial charge in [0.1, 0.15) is 17.9 Å². The van der Waals surface area contributed by atoms with Gasteiger partial charge >= 0.3 is 6.18 Å². The summed E-state index contributed by atoms with van der Waals surface area (Å²) in [4.78, 5) is 49.9. The maximum atomic E-state index is 13.8. The third kappa shape index (κ3) is 5.09. The number of aromatic nitrogens is 5. The molecule has 6 rings (SSSR count). The van der Waals surface area contributed by atoms with Gasteiger partial charge in [-0.2, -0.15) is 22.7 Å². The molecule has 4 aromatic rings. The van der Waals surface area contributed by atoms with Crippen LogP contribution in [0.15, 0.2) is 46.1 Å². The number of rotatable bonds is 4. The SMILES string of the molecule is C[C@H]1OC2(CCN(C(=O)c3ncccc3O)CC2)c2c1n(CC(=O)Nc1ccc(C(F)(F)F)cc1Cl)c1nc(Br)nn1c2=O. The van der Waals surface area contributed by atoms with Crippen molar-refractivity contribution in [2.24, 2.45) is 0 Å². The summed E-state index contributed by atoms with van der Waals surface area (Å²) in [6.45, 7) is 1.69. The number of fused-ring (bicyclic) bond motifs is 3. The summed E-state index contributed by atoms with van der Waals surface area (Å²) in [5, 5.41) is 16.5. The van der Waals surface area contributed by atoms with E-state index in [0.717, 1.165) is 16.6 Å². The molecular formula is C27H22BrClF3N7O5. The highest BCUT2D eigenvalue weighted by atomic mass is 79.9. The van der Waals surface area contributed by atoms with Crippen molar-refractivity contribution in [3.63, 3.8) is 0 Å². The quantitative estimate of drug-likeness (QED) is 0.322. The number of piperidine rings is 1. The van der Waals surface area contributed by atoms with Crippen LogP contribution in [-0.4, -0.2) is 59.1 Å². The Morgan fingerprint density at radius 1 is 1.25 bits per heavy atom. The molecule has 44 heavy (non-hydrogen) atoms. The van der Waals surface area contributed by atoms with Crippen molar-refractivity contribution < 1.29 is 32.6 Å². The lowest BCUT2D eigenvalue weighted by atomic mass is 9.85. The lowest BCUT2D eigenvalue weighted by molar-refractivity contribution is -0.137. The van der Waals surface area contributed by atoms with Crippen LogP contribution in [0.1, 0.15) is 53.2 Å². The molecule has 0 radical (unpaired) electrons. The van der Waals surface area contributed by atoms with Crippen LogP contribution in [0.25, 0.3) is 5.78 Å². The van der Waals surface area contributed by atoms with Crippen molar-refractivity contribution >= 4 is 50.8 Å². The second kappa shape index (κ2) is 10.9. The van der Waals surface area contributed by atoms with Crippen molar-refractivity contribution in [3.05, 3.63) is 79.2 Å². The third-order valence-corrected chi connectivity index (χ3v) is 8.37. The number of benzene rings is 1. The molecule has 3 aromatic heterocycles. The molecule has 0 aliphatic carbocycles. The van der Waals surface area contributed by atoms with Gasteiger partial charge in [0.05, 0.1) is 33.6 Å². The lowest BCUT2D eigenvalue weighted by Gasteiger charge is -2.39. The van der Waals surface area contributed by atoms with E-state index in [1.54, 1.807) is 6.92 Å². The van der Waals surface area contributed by atoms with Crippen LogP contribution in [0.4, 0.5) is 18.9 Å². The fraction of sp³-hybridized carbons (Fsp3) is 0.333. The van der Waals surface area contributed by atoms with Crippen LogP contribution >= 0.6 is 27.5 Å². The van der Waals surface area contributed by atoms with Crippen LogP contribution in [0.2, 0.25) is 5.02 Å². The molecule has 5 heterocycles. The summed E-state index contributed by atoms with van der Waals surface area (Å²) >= 11 is 9.22. The lowest BCUT2D eigenvalue weighted by Crippen LogP contribution is -2.47. The van der Waals surface area contributed by atoms with Crippen LogP contribution in [0.5, 0.6) is 5.75 Å². The zero-order valence-electron chi connectivity index (χ0n) is 22.7. The van der Waals surface area contributed by atoms with E-state index in [2.05, 4.69) is 36.3 Å². The van der Waals surface area contributed by atoms with E-state index in [1.165, 1.54) is 27.8 Å². The van der Waals surface area contributed by atoms with Gasteiger partial charge in [0, 0.05) is 19.3 Å². The Kier molecular flexibility index (Phi) is 7.41. The zero-order valence-corrected chi connectivity index (χ0v) is 25.1. The Morgan fingerprint density at radius 2 is 1.98 bits per heavy atom. The highest BCUT2D eigenvalue weighted by Crippen LogP contribution is 2.48. The minimum Gasteiger partial charge on any atom is -0.505 e. The molecule has 230 valence electrons. The number of likely N-dealkylation sites (tertiary alicyclic amines) is 1. The summed E-state index contributed by atoms with van der Waals surface area (Å²) in [6.07, 6.45) is -3.42. The van der Waals surface area contributed by atoms with Gasteiger partial charge < -0.3 is 24.6 Å². The Labute approximate surface area is 259 Å². The maximum Gasteiger partial charge on any atom is 0.416 e. The summed E-state index contributed by atoms with van der Waals surface area (Å²) in [6, 6.07) is 5.46. The molecule has 17 heteroatoms. The number of aromatic hydroxyl groups is 1. The third-order valence-electron chi connectivity index (χ3n) is 7.72. The van der Waals surface area contributed by atoms with Crippen LogP contribution < -0.4 is 10.9 Å². The summed E-state index contributed by atoms with van der Waals surface area (Å²) < 4.78 is 48.2. The fourth-order valence-electron chi connectivity index (χ4n) is 5.78. The number of carbonyl (C=O) groups is 2. The molecule has 1 spiro atoms. The number of carbonyl (C=O) groups excluding carboxylic acids is 2. The number of pyridine rings is 1. The van der Waals surface area contributed by atoms with E-state index in [4.69, 9.17) is 16.3 Å². The second-order valence-electron chi connectivity index (χ2n) is 10.4. The van der Waals surface area contributed by atoms with E-state index >= 15 is 0 Å². The number of anilines is 1. The van der Waals surface area contributed by atoms with Crippen molar-refractivity contribution in [3.8, 4) is 5.75 Å². The highest BCUT2D eigenvalue weighted by Gasteiger charge is 2.50. The highest BCUT2D eigenvalue weighted by molar-refractivity contribution is 9.10. The Hall–Kier alpha value is -4.02. The van der Waals surface area contributed by atoms with Gasteiger partial charge in [-0.05, 0) is 66.0 Å². The fourth-order valence-corrected chi connectivity index (χ4v) is 6.33. The first-order valence-corrected chi connectivity index (χ1v) is 14.4. The number of hydrogen-bond donors (Lipinski definition) is 2. The van der Waals surface area contributed by atoms with Gasteiger partial charge in [-0.1, -0.05) is 11.6 Å². The molecule has 12 nitrogen and oxygen atoms in total. The molecule has 2 aliphatic heterocycles. The average Bonchev–Trinajstić information content (AvgIpc) is 3.49. The minimum atomic E-state index is -4.61. The van der Waals surface area contributed by atoms with Crippen molar-refractivity contribution in [2.75, 3.05) is 18.4 Å². The Morgan fingerprint density at radius 3 is 2.64 bits per heavy atom. The van der Waals surface area contributed by atoms with Crippen molar-refractivity contribution in [2.45, 2.75) is 44.2 Å². The summed E-state index contributed by atoms with van der Waals surface area (Å²) in [7, 11) is 0. The Bertz CT molecular complexity index is 1890. The smallest absolute Gasteiger partial charge is 0.416 e. The van der Waals surface area contributed by atoms with E-state index in [1.807, 2.05) is 0 Å². The Balaban J connectivity index is 1.33. The molecule has 0 unspecified atom stereocenters. The zero-order chi connectivity index (χ0) is 31.6. The monoisotopic (exact) mass is 695 g/mol. The molecule has 0 bridgehead atoms. The van der Waals surface area contributed by atoms with Gasteiger partial charge in [-0.15, -0.1) is 5.10 Å². The first-order chi connectivity index (χ1) is 20.8. The number of alkyl halides is 3. The van der Waals surface area contributed by atoms with E-state index in [0.29, 0.717) is 11.8 Å². The molecule has 2 amide bonds. The molecule has 2 aliphatic rings. The molecule has 1 atom stereocenters. The van der Waals surface area contributed by atoms with E-state index < -0.39 is 47.4 Å². The van der Waals surface area contributed by atoms with Crippen LogP contribution in [0, 0.1) is 0 Å². The topological polar surface area (TPSA) is 144 Å². The predicted octanol–water partition coefficient (Wildman–Crippen LogP) is 4.29. The standard InChI is InChI=1S/C27H22BrClF3N7O5/c1-13-21-19(26(44-13)6-9-37(10-7-26)23(43)20-17(40)3-2-8-33-20)22(42)39-25(35-24(28)36-39)38(21)12-18(41)34-16-5-4-14(11-15(16)29)27(30,31)32/h2-5,8,11,13,40H,6-7,9-10,12H2,1H3,(H,34,41)/t13-/m1/s1. The van der Waals surface area contributed by atoms with Gasteiger partial charge in [0.15, 0.2) is 5.69 Å². The first-order valence-electron chi connectivity index (χ1n) is 13.3. The van der Waals surface area contributed by atoms with Crippen molar-refractivity contribution in [1.29, 1.82) is 0 Å². The molecule has 2 N–H and O–H groups in total. The maximum absolute atomic E-state index is 13.8. The van der Waals surface area contributed by atoms with Gasteiger partial charge in [0.25, 0.3) is 11.5 Å². The number of nitrogens with one attached hydrogen (secondary N) is 1. The molecule has 0 saturated carbocycles. The van der Waals surface area contributed by atoms with E-state index in [-0.39, 0.29) is 64.2 Å². The number of nitrogens with zero attached hydrogens (tertiary/aromatic N) is 6. The molecule has 1 aromatic carbocycles. The normalized spacial score (nSPS) is 17.7. The average molecular weight is 697 g/mol. The van der Waals surface area contributed by atoms with Gasteiger partial charge in [-0.3, -0.25) is 14.4 Å².